The minimum Gasteiger partial charge on any atom is -0.491 e. The summed E-state index contributed by atoms with van der Waals surface area (Å²) in [6.07, 6.45) is 0. The van der Waals surface area contributed by atoms with Crippen LogP contribution in [-0.2, 0) is 4.74 Å². The Kier molecular flexibility index (Phi) is 6.09. The Bertz CT molecular complexity index is 367. The standard InChI is InChI=1S/C14H22FNO2/c1-10(2)9-17-6-7-18-12-4-5-13(11(3)16)14(15)8-12/h4-5,8,10-11H,6-7,9,16H2,1-3H3/t11-/m1/s1. The number of halogens is 1. The van der Waals surface area contributed by atoms with Gasteiger partial charge in [0.05, 0.1) is 6.61 Å². The van der Waals surface area contributed by atoms with Crippen LogP contribution in [0.25, 0.3) is 0 Å². The predicted molar refractivity (Wildman–Crippen MR) is 70.2 cm³/mol. The molecule has 0 heterocycles. The molecular formula is C14H22FNO2. The van der Waals surface area contributed by atoms with Crippen LogP contribution in [0.2, 0.25) is 0 Å². The van der Waals surface area contributed by atoms with Crippen molar-refractivity contribution in [1.82, 2.24) is 0 Å². The van der Waals surface area contributed by atoms with Crippen LogP contribution in [0.4, 0.5) is 4.39 Å². The molecule has 1 aromatic carbocycles. The molecule has 102 valence electrons. The summed E-state index contributed by atoms with van der Waals surface area (Å²) in [6, 6.07) is 4.43. The van der Waals surface area contributed by atoms with Gasteiger partial charge in [0.2, 0.25) is 0 Å². The molecule has 0 aliphatic heterocycles. The third-order valence-electron chi connectivity index (χ3n) is 2.41. The molecule has 1 aromatic rings. The van der Waals surface area contributed by atoms with Gasteiger partial charge in [-0.05, 0) is 18.9 Å². The lowest BCUT2D eigenvalue weighted by molar-refractivity contribution is 0.0818. The molecule has 0 bridgehead atoms. The summed E-state index contributed by atoms with van der Waals surface area (Å²) in [4.78, 5) is 0. The second-order valence-electron chi connectivity index (χ2n) is 4.79. The molecule has 0 aromatic heterocycles. The molecule has 1 rings (SSSR count). The van der Waals surface area contributed by atoms with Gasteiger partial charge >= 0.3 is 0 Å². The second kappa shape index (κ2) is 7.34. The first-order chi connectivity index (χ1) is 8.50. The Morgan fingerprint density at radius 1 is 1.22 bits per heavy atom. The maximum Gasteiger partial charge on any atom is 0.131 e. The summed E-state index contributed by atoms with van der Waals surface area (Å²) >= 11 is 0. The minimum absolute atomic E-state index is 0.312. The number of hydrogen-bond acceptors (Lipinski definition) is 3. The third kappa shape index (κ3) is 5.02. The summed E-state index contributed by atoms with van der Waals surface area (Å²) in [5.41, 5.74) is 6.13. The van der Waals surface area contributed by atoms with Crippen molar-refractivity contribution in [1.29, 1.82) is 0 Å². The van der Waals surface area contributed by atoms with Crippen molar-refractivity contribution in [3.8, 4) is 5.75 Å². The number of ether oxygens (including phenoxy) is 2. The van der Waals surface area contributed by atoms with Crippen LogP contribution in [0.3, 0.4) is 0 Å². The van der Waals surface area contributed by atoms with E-state index in [1.165, 1.54) is 6.07 Å². The lowest BCUT2D eigenvalue weighted by Crippen LogP contribution is -2.11. The van der Waals surface area contributed by atoms with Crippen LogP contribution in [-0.4, -0.2) is 19.8 Å². The third-order valence-corrected chi connectivity index (χ3v) is 2.41. The number of hydrogen-bond donors (Lipinski definition) is 1. The highest BCUT2D eigenvalue weighted by Crippen LogP contribution is 2.20. The fourth-order valence-electron chi connectivity index (χ4n) is 1.50. The Hall–Kier alpha value is -1.13. The van der Waals surface area contributed by atoms with Crippen LogP contribution in [0.5, 0.6) is 5.75 Å². The molecule has 0 aliphatic carbocycles. The van der Waals surface area contributed by atoms with Gasteiger partial charge in [0.25, 0.3) is 0 Å². The van der Waals surface area contributed by atoms with Gasteiger partial charge in [0.15, 0.2) is 0 Å². The van der Waals surface area contributed by atoms with Crippen molar-refractivity contribution in [2.75, 3.05) is 19.8 Å². The minimum atomic E-state index is -0.328. The van der Waals surface area contributed by atoms with Gasteiger partial charge in [-0.15, -0.1) is 0 Å². The van der Waals surface area contributed by atoms with E-state index in [1.807, 2.05) is 0 Å². The van der Waals surface area contributed by atoms with Crippen molar-refractivity contribution < 1.29 is 13.9 Å². The highest BCUT2D eigenvalue weighted by molar-refractivity contribution is 5.30. The zero-order valence-corrected chi connectivity index (χ0v) is 11.3. The van der Waals surface area contributed by atoms with Crippen molar-refractivity contribution in [2.45, 2.75) is 26.8 Å². The molecule has 0 saturated carbocycles. The molecule has 0 unspecified atom stereocenters. The quantitative estimate of drug-likeness (QED) is 0.762. The molecule has 18 heavy (non-hydrogen) atoms. The Balaban J connectivity index is 2.37. The van der Waals surface area contributed by atoms with E-state index >= 15 is 0 Å². The van der Waals surface area contributed by atoms with Crippen LogP contribution in [0.15, 0.2) is 18.2 Å². The van der Waals surface area contributed by atoms with E-state index in [1.54, 1.807) is 19.1 Å². The fraction of sp³-hybridized carbons (Fsp3) is 0.571. The van der Waals surface area contributed by atoms with Gasteiger partial charge in [0.1, 0.15) is 18.2 Å². The molecule has 0 amide bonds. The maximum atomic E-state index is 13.6. The first-order valence-electron chi connectivity index (χ1n) is 6.26. The van der Waals surface area contributed by atoms with Gasteiger partial charge < -0.3 is 15.2 Å². The molecule has 0 radical (unpaired) electrons. The first kappa shape index (κ1) is 14.9. The Morgan fingerprint density at radius 3 is 2.50 bits per heavy atom. The van der Waals surface area contributed by atoms with Crippen molar-refractivity contribution in [3.05, 3.63) is 29.6 Å². The van der Waals surface area contributed by atoms with Gasteiger partial charge in [0, 0.05) is 24.3 Å². The maximum absolute atomic E-state index is 13.6. The average Bonchev–Trinajstić information content (AvgIpc) is 2.27. The van der Waals surface area contributed by atoms with E-state index in [4.69, 9.17) is 15.2 Å². The molecule has 1 atom stereocenters. The lowest BCUT2D eigenvalue weighted by Gasteiger charge is -2.11. The number of benzene rings is 1. The number of nitrogens with two attached hydrogens (primary N) is 1. The summed E-state index contributed by atoms with van der Waals surface area (Å²) in [6.45, 7) is 7.56. The molecule has 2 N–H and O–H groups in total. The summed E-state index contributed by atoms with van der Waals surface area (Å²) < 4.78 is 24.4. The largest absolute Gasteiger partial charge is 0.491 e. The van der Waals surface area contributed by atoms with E-state index in [0.29, 0.717) is 37.1 Å². The highest BCUT2D eigenvalue weighted by Gasteiger charge is 2.07. The predicted octanol–water partition coefficient (Wildman–Crippen LogP) is 2.90. The van der Waals surface area contributed by atoms with Crippen molar-refractivity contribution >= 4 is 0 Å². The van der Waals surface area contributed by atoms with Crippen molar-refractivity contribution in [3.63, 3.8) is 0 Å². The zero-order chi connectivity index (χ0) is 13.5. The van der Waals surface area contributed by atoms with E-state index in [2.05, 4.69) is 13.8 Å². The Morgan fingerprint density at radius 2 is 1.94 bits per heavy atom. The fourth-order valence-corrected chi connectivity index (χ4v) is 1.50. The van der Waals surface area contributed by atoms with Gasteiger partial charge in [-0.25, -0.2) is 4.39 Å². The molecule has 0 spiro atoms. The molecule has 0 saturated heterocycles. The average molecular weight is 255 g/mol. The molecule has 3 nitrogen and oxygen atoms in total. The van der Waals surface area contributed by atoms with Gasteiger partial charge in [-0.1, -0.05) is 19.9 Å². The summed E-state index contributed by atoms with van der Waals surface area (Å²) in [5, 5.41) is 0. The Labute approximate surface area is 108 Å². The molecular weight excluding hydrogens is 233 g/mol. The van der Waals surface area contributed by atoms with E-state index in [0.717, 1.165) is 0 Å². The van der Waals surface area contributed by atoms with E-state index < -0.39 is 0 Å². The summed E-state index contributed by atoms with van der Waals surface area (Å²) in [7, 11) is 0. The molecule has 0 aliphatic rings. The first-order valence-corrected chi connectivity index (χ1v) is 6.26. The second-order valence-corrected chi connectivity index (χ2v) is 4.79. The lowest BCUT2D eigenvalue weighted by atomic mass is 10.1. The highest BCUT2D eigenvalue weighted by atomic mass is 19.1. The zero-order valence-electron chi connectivity index (χ0n) is 11.3. The van der Waals surface area contributed by atoms with E-state index in [9.17, 15) is 4.39 Å². The monoisotopic (exact) mass is 255 g/mol. The van der Waals surface area contributed by atoms with Gasteiger partial charge in [-0.3, -0.25) is 0 Å². The normalized spacial score (nSPS) is 12.8. The molecule has 0 fully saturated rings. The summed E-state index contributed by atoms with van der Waals surface area (Å²) in [5.74, 6) is 0.684. The van der Waals surface area contributed by atoms with Crippen molar-refractivity contribution in [2.24, 2.45) is 11.7 Å². The molecule has 4 heteroatoms. The smallest absolute Gasteiger partial charge is 0.131 e. The van der Waals surface area contributed by atoms with Crippen LogP contribution in [0, 0.1) is 11.7 Å². The topological polar surface area (TPSA) is 44.5 Å². The van der Waals surface area contributed by atoms with Crippen LogP contribution in [0.1, 0.15) is 32.4 Å². The van der Waals surface area contributed by atoms with Crippen LogP contribution >= 0.6 is 0 Å². The SMILES string of the molecule is CC(C)COCCOc1ccc([C@@H](C)N)c(F)c1. The van der Waals surface area contributed by atoms with Gasteiger partial charge in [-0.2, -0.15) is 0 Å². The number of rotatable bonds is 7. The van der Waals surface area contributed by atoms with Crippen LogP contribution < -0.4 is 10.5 Å². The van der Waals surface area contributed by atoms with E-state index in [-0.39, 0.29) is 11.9 Å².